The van der Waals surface area contributed by atoms with Gasteiger partial charge in [-0.3, -0.25) is 9.69 Å². The highest BCUT2D eigenvalue weighted by Gasteiger charge is 2.26. The van der Waals surface area contributed by atoms with E-state index < -0.39 is 0 Å². The summed E-state index contributed by atoms with van der Waals surface area (Å²) in [6, 6.07) is 14.2. The minimum Gasteiger partial charge on any atom is -0.373 e. The number of hydrogen-bond acceptors (Lipinski definition) is 7. The van der Waals surface area contributed by atoms with Gasteiger partial charge in [0.25, 0.3) is 0 Å². The van der Waals surface area contributed by atoms with Crippen molar-refractivity contribution in [2.75, 3.05) is 38.1 Å². The first-order valence-electron chi connectivity index (χ1n) is 10.3. The molecule has 0 atom stereocenters. The number of benzene rings is 1. The van der Waals surface area contributed by atoms with Crippen molar-refractivity contribution in [2.45, 2.75) is 19.4 Å². The van der Waals surface area contributed by atoms with Crippen LogP contribution in [0.15, 0.2) is 52.4 Å². The predicted molar refractivity (Wildman–Crippen MR) is 118 cm³/mol. The minimum absolute atomic E-state index is 0.0765. The van der Waals surface area contributed by atoms with E-state index in [1.165, 1.54) is 0 Å². The van der Waals surface area contributed by atoms with Gasteiger partial charge in [0.2, 0.25) is 17.6 Å². The summed E-state index contributed by atoms with van der Waals surface area (Å²) in [5, 5.41) is 9.17. The fourth-order valence-corrected chi connectivity index (χ4v) is 4.32. The monoisotopic (exact) mass is 425 g/mol. The molecule has 1 aliphatic heterocycles. The molecule has 4 rings (SSSR count). The van der Waals surface area contributed by atoms with Crippen LogP contribution in [0.1, 0.15) is 18.7 Å². The molecular weight excluding hydrogens is 398 g/mol. The van der Waals surface area contributed by atoms with Gasteiger partial charge in [-0.15, -0.1) is 11.3 Å². The molecule has 1 N–H and O–H groups in total. The van der Waals surface area contributed by atoms with E-state index in [1.54, 1.807) is 11.3 Å². The Morgan fingerprint density at radius 1 is 1.23 bits per heavy atom. The van der Waals surface area contributed by atoms with Crippen LogP contribution in [-0.4, -0.2) is 54.2 Å². The van der Waals surface area contributed by atoms with Gasteiger partial charge in [0.15, 0.2) is 0 Å². The fourth-order valence-electron chi connectivity index (χ4n) is 3.67. The van der Waals surface area contributed by atoms with Crippen LogP contribution < -0.4 is 10.2 Å². The lowest BCUT2D eigenvalue weighted by molar-refractivity contribution is -0.126. The number of likely N-dealkylation sites (N-methyl/N-ethyl adjacent to an activating group) is 1. The van der Waals surface area contributed by atoms with E-state index in [-0.39, 0.29) is 11.8 Å². The smallest absolute Gasteiger partial charge is 0.241 e. The summed E-state index contributed by atoms with van der Waals surface area (Å²) in [4.78, 5) is 22.5. The summed E-state index contributed by atoms with van der Waals surface area (Å²) >= 11 is 1.60. The van der Waals surface area contributed by atoms with Crippen molar-refractivity contribution < 1.29 is 9.32 Å². The Labute approximate surface area is 180 Å². The van der Waals surface area contributed by atoms with Crippen molar-refractivity contribution in [1.29, 1.82) is 0 Å². The lowest BCUT2D eigenvalue weighted by atomic mass is 9.96. The van der Waals surface area contributed by atoms with E-state index in [4.69, 9.17) is 4.52 Å². The highest BCUT2D eigenvalue weighted by Crippen LogP contribution is 2.23. The number of carbonyl (C=O) groups excluding carboxylic acids is 1. The van der Waals surface area contributed by atoms with E-state index in [1.807, 2.05) is 42.8 Å². The SMILES string of the molecule is CN(CCNC(=O)C1CCN(Cc2nc(-c3cccs3)no2)CC1)c1ccccc1. The van der Waals surface area contributed by atoms with Crippen molar-refractivity contribution >= 4 is 22.9 Å². The van der Waals surface area contributed by atoms with E-state index in [0.717, 1.165) is 43.0 Å². The normalized spacial score (nSPS) is 15.2. The second kappa shape index (κ2) is 9.86. The Balaban J connectivity index is 1.17. The molecule has 2 aromatic heterocycles. The molecule has 1 aromatic carbocycles. The summed E-state index contributed by atoms with van der Waals surface area (Å²) in [6.45, 7) is 3.79. The van der Waals surface area contributed by atoms with Gasteiger partial charge in [0.1, 0.15) is 0 Å². The number of aromatic nitrogens is 2. The molecule has 30 heavy (non-hydrogen) atoms. The van der Waals surface area contributed by atoms with Crippen LogP contribution in [0.3, 0.4) is 0 Å². The number of carbonyl (C=O) groups is 1. The van der Waals surface area contributed by atoms with Crippen molar-refractivity contribution in [3.05, 3.63) is 53.7 Å². The second-order valence-corrected chi connectivity index (χ2v) is 8.54. The summed E-state index contributed by atoms with van der Waals surface area (Å²) in [6.07, 6.45) is 1.71. The van der Waals surface area contributed by atoms with Gasteiger partial charge in [0, 0.05) is 31.7 Å². The van der Waals surface area contributed by atoms with Gasteiger partial charge in [-0.25, -0.2) is 0 Å². The van der Waals surface area contributed by atoms with Crippen LogP contribution in [0.5, 0.6) is 0 Å². The molecule has 1 aliphatic rings. The summed E-state index contributed by atoms with van der Waals surface area (Å²) < 4.78 is 5.40. The maximum Gasteiger partial charge on any atom is 0.241 e. The average molecular weight is 426 g/mol. The minimum atomic E-state index is 0.0765. The summed E-state index contributed by atoms with van der Waals surface area (Å²) in [5.41, 5.74) is 1.16. The first kappa shape index (κ1) is 20.6. The fraction of sp³-hybridized carbons (Fsp3) is 0.409. The largest absolute Gasteiger partial charge is 0.373 e. The molecule has 0 unspecified atom stereocenters. The molecule has 8 heteroatoms. The molecule has 1 amide bonds. The van der Waals surface area contributed by atoms with Gasteiger partial charge < -0.3 is 14.7 Å². The third-order valence-corrected chi connectivity index (χ3v) is 6.34. The number of amides is 1. The first-order valence-corrected chi connectivity index (χ1v) is 11.2. The Kier molecular flexibility index (Phi) is 6.76. The van der Waals surface area contributed by atoms with Crippen molar-refractivity contribution in [2.24, 2.45) is 5.92 Å². The molecule has 0 spiro atoms. The van der Waals surface area contributed by atoms with Crippen molar-refractivity contribution in [3.8, 4) is 10.7 Å². The van der Waals surface area contributed by atoms with Crippen LogP contribution >= 0.6 is 11.3 Å². The van der Waals surface area contributed by atoms with Gasteiger partial charge in [0.05, 0.1) is 11.4 Å². The molecule has 1 fully saturated rings. The van der Waals surface area contributed by atoms with Gasteiger partial charge in [-0.05, 0) is 49.5 Å². The highest BCUT2D eigenvalue weighted by atomic mass is 32.1. The molecule has 0 aliphatic carbocycles. The van der Waals surface area contributed by atoms with E-state index in [0.29, 0.717) is 24.8 Å². The second-order valence-electron chi connectivity index (χ2n) is 7.59. The average Bonchev–Trinajstić information content (AvgIpc) is 3.47. The molecule has 0 radical (unpaired) electrons. The number of piperidine rings is 1. The quantitative estimate of drug-likeness (QED) is 0.597. The molecule has 3 heterocycles. The Morgan fingerprint density at radius 2 is 2.03 bits per heavy atom. The lowest BCUT2D eigenvalue weighted by Gasteiger charge is -2.30. The zero-order valence-electron chi connectivity index (χ0n) is 17.2. The van der Waals surface area contributed by atoms with Gasteiger partial charge >= 0.3 is 0 Å². The van der Waals surface area contributed by atoms with Crippen LogP contribution in [0.25, 0.3) is 10.7 Å². The zero-order valence-corrected chi connectivity index (χ0v) is 18.0. The van der Waals surface area contributed by atoms with Gasteiger partial charge in [-0.1, -0.05) is 29.4 Å². The number of nitrogens with one attached hydrogen (secondary N) is 1. The number of thiophene rings is 1. The van der Waals surface area contributed by atoms with Gasteiger partial charge in [-0.2, -0.15) is 4.98 Å². The number of likely N-dealkylation sites (tertiary alicyclic amines) is 1. The van der Waals surface area contributed by atoms with E-state index >= 15 is 0 Å². The number of para-hydroxylation sites is 1. The van der Waals surface area contributed by atoms with Crippen LogP contribution in [0.2, 0.25) is 0 Å². The molecule has 3 aromatic rings. The number of anilines is 1. The topological polar surface area (TPSA) is 74.5 Å². The molecule has 0 bridgehead atoms. The molecular formula is C22H27N5O2S. The van der Waals surface area contributed by atoms with E-state index in [9.17, 15) is 4.79 Å². The number of rotatable bonds is 8. The summed E-state index contributed by atoms with van der Waals surface area (Å²) in [7, 11) is 2.04. The standard InChI is InChI=1S/C22H27N5O2S/c1-26(18-6-3-2-4-7-18)14-11-23-22(28)17-9-12-27(13-10-17)16-20-24-21(25-29-20)19-8-5-15-30-19/h2-8,15,17H,9-14,16H2,1H3,(H,23,28). The van der Waals surface area contributed by atoms with Crippen LogP contribution in [0.4, 0.5) is 5.69 Å². The third-order valence-electron chi connectivity index (χ3n) is 5.47. The van der Waals surface area contributed by atoms with Crippen molar-refractivity contribution in [3.63, 3.8) is 0 Å². The summed E-state index contributed by atoms with van der Waals surface area (Å²) in [5.74, 6) is 1.52. The third kappa shape index (κ3) is 5.25. The Hall–Kier alpha value is -2.71. The number of nitrogens with zero attached hydrogens (tertiary/aromatic N) is 4. The zero-order chi connectivity index (χ0) is 20.8. The van der Waals surface area contributed by atoms with Crippen LogP contribution in [0, 0.1) is 5.92 Å². The maximum absolute atomic E-state index is 12.5. The molecule has 7 nitrogen and oxygen atoms in total. The van der Waals surface area contributed by atoms with Crippen LogP contribution in [-0.2, 0) is 11.3 Å². The Morgan fingerprint density at radius 3 is 2.77 bits per heavy atom. The lowest BCUT2D eigenvalue weighted by Crippen LogP contribution is -2.42. The highest BCUT2D eigenvalue weighted by molar-refractivity contribution is 7.13. The molecule has 1 saturated heterocycles. The first-order chi connectivity index (χ1) is 14.7. The van der Waals surface area contributed by atoms with Crippen molar-refractivity contribution in [1.82, 2.24) is 20.4 Å². The van der Waals surface area contributed by atoms with E-state index in [2.05, 4.69) is 37.4 Å². The maximum atomic E-state index is 12.5. The molecule has 158 valence electrons. The Bertz CT molecular complexity index is 920. The predicted octanol–water partition coefficient (Wildman–Crippen LogP) is 3.26. The molecule has 0 saturated carbocycles. The number of hydrogen-bond donors (Lipinski definition) is 1.